The Morgan fingerprint density at radius 3 is 2.51 bits per heavy atom. The van der Waals surface area contributed by atoms with Crippen LogP contribution >= 0.6 is 0 Å². The van der Waals surface area contributed by atoms with Gasteiger partial charge in [-0.15, -0.1) is 0 Å². The van der Waals surface area contributed by atoms with E-state index in [0.717, 1.165) is 48.8 Å². The first-order chi connectivity index (χ1) is 19.7. The number of nitrogens with zero attached hydrogens (tertiary/aromatic N) is 3. The largest absolute Gasteiger partial charge is 0.498 e. The Kier molecular flexibility index (Phi) is 13.0. The Morgan fingerprint density at radius 1 is 1.20 bits per heavy atom. The third-order valence-electron chi connectivity index (χ3n) is 7.97. The second-order valence-corrected chi connectivity index (χ2v) is 11.2. The molecule has 0 saturated carbocycles. The number of aryl methyl sites for hydroxylation is 1. The van der Waals surface area contributed by atoms with Gasteiger partial charge in [0, 0.05) is 50.7 Å². The number of carbonyl (C=O) groups excluding carboxylic acids is 1. The molecule has 224 valence electrons. The van der Waals surface area contributed by atoms with Gasteiger partial charge in [-0.1, -0.05) is 32.1 Å². The summed E-state index contributed by atoms with van der Waals surface area (Å²) in [5, 5.41) is 0.796. The van der Waals surface area contributed by atoms with Crippen LogP contribution in [0.4, 0.5) is 10.1 Å². The molecule has 0 spiro atoms. The van der Waals surface area contributed by atoms with E-state index in [4.69, 9.17) is 9.47 Å². The third kappa shape index (κ3) is 9.79. The van der Waals surface area contributed by atoms with Crippen molar-refractivity contribution in [1.82, 2.24) is 9.88 Å². The number of halogens is 1. The topological polar surface area (TPSA) is 54.9 Å². The quantitative estimate of drug-likeness (QED) is 0.179. The third-order valence-corrected chi connectivity index (χ3v) is 7.97. The van der Waals surface area contributed by atoms with Gasteiger partial charge in [0.05, 0.1) is 29.8 Å². The van der Waals surface area contributed by atoms with E-state index in [1.165, 1.54) is 58.2 Å². The lowest BCUT2D eigenvalue weighted by molar-refractivity contribution is -0.116. The summed E-state index contributed by atoms with van der Waals surface area (Å²) < 4.78 is 26.0. The molecule has 0 aliphatic carbocycles. The molecule has 4 rings (SSSR count). The molecular weight excluding hydrogens is 517 g/mol. The average molecular weight is 566 g/mol. The van der Waals surface area contributed by atoms with Crippen molar-refractivity contribution in [1.29, 1.82) is 0 Å². The molecule has 7 heteroatoms. The molecule has 2 aromatic rings. The van der Waals surface area contributed by atoms with Crippen LogP contribution in [-0.4, -0.2) is 62.3 Å². The Labute approximate surface area is 245 Å². The number of piperidine rings is 1. The molecule has 0 atom stereocenters. The van der Waals surface area contributed by atoms with E-state index in [2.05, 4.69) is 23.4 Å². The van der Waals surface area contributed by atoms with Crippen molar-refractivity contribution in [3.8, 4) is 0 Å². The molecule has 0 unspecified atom stereocenters. The normalized spacial score (nSPS) is 17.1. The summed E-state index contributed by atoms with van der Waals surface area (Å²) in [4.78, 5) is 20.2. The summed E-state index contributed by atoms with van der Waals surface area (Å²) in [7, 11) is 1.71. The molecule has 2 fully saturated rings. The molecule has 6 nitrogen and oxygen atoms in total. The van der Waals surface area contributed by atoms with Crippen LogP contribution in [0.1, 0.15) is 70.4 Å². The summed E-state index contributed by atoms with van der Waals surface area (Å²) in [6.07, 6.45) is 14.4. The Hall–Kier alpha value is -3.03. The van der Waals surface area contributed by atoms with Crippen LogP contribution in [0.15, 0.2) is 48.9 Å². The Bertz CT molecular complexity index is 1230. The number of carbonyl (C=O) groups is 1. The van der Waals surface area contributed by atoms with E-state index in [1.54, 1.807) is 30.3 Å². The van der Waals surface area contributed by atoms with E-state index in [0.29, 0.717) is 28.9 Å². The first-order valence-corrected chi connectivity index (χ1v) is 15.0. The fourth-order valence-corrected chi connectivity index (χ4v) is 5.11. The lowest BCUT2D eigenvalue weighted by atomic mass is 9.99. The lowest BCUT2D eigenvalue weighted by Gasteiger charge is -2.26. The number of amides is 1. The number of fused-ring (bicyclic) bond motifs is 1. The number of pyridine rings is 1. The molecule has 0 N–H and O–H groups in total. The minimum atomic E-state index is -0.369. The highest BCUT2D eigenvalue weighted by molar-refractivity contribution is 5.97. The Morgan fingerprint density at radius 2 is 1.90 bits per heavy atom. The van der Waals surface area contributed by atoms with Crippen molar-refractivity contribution in [2.75, 3.05) is 51.4 Å². The molecular formula is C34H48FN3O3. The number of hydrogen-bond acceptors (Lipinski definition) is 5. The van der Waals surface area contributed by atoms with E-state index >= 15 is 0 Å². The number of anilines is 1. The first kappa shape index (κ1) is 32.5. The monoisotopic (exact) mass is 565 g/mol. The smallest absolute Gasteiger partial charge is 0.223 e. The van der Waals surface area contributed by atoms with E-state index < -0.39 is 0 Å². The number of rotatable bonds is 9. The number of aromatic nitrogens is 1. The number of benzene rings is 1. The first-order valence-electron chi connectivity index (χ1n) is 15.0. The molecule has 2 aliphatic heterocycles. The second kappa shape index (κ2) is 16.4. The van der Waals surface area contributed by atoms with Crippen LogP contribution in [0.3, 0.4) is 0 Å². The summed E-state index contributed by atoms with van der Waals surface area (Å²) in [6.45, 7) is 17.6. The predicted octanol–water partition coefficient (Wildman–Crippen LogP) is 7.46. The zero-order valence-corrected chi connectivity index (χ0v) is 25.7. The summed E-state index contributed by atoms with van der Waals surface area (Å²) in [5.74, 6) is 1.23. The van der Waals surface area contributed by atoms with Crippen LogP contribution in [0, 0.1) is 18.7 Å². The number of allylic oxidation sites excluding steroid dienone is 5. The van der Waals surface area contributed by atoms with E-state index in [9.17, 15) is 9.18 Å². The van der Waals surface area contributed by atoms with Gasteiger partial charge in [0.2, 0.25) is 5.91 Å². The van der Waals surface area contributed by atoms with Gasteiger partial charge in [-0.25, -0.2) is 4.39 Å². The van der Waals surface area contributed by atoms with Crippen LogP contribution in [0.2, 0.25) is 0 Å². The van der Waals surface area contributed by atoms with Crippen molar-refractivity contribution in [2.45, 2.75) is 66.2 Å². The number of likely N-dealkylation sites (tertiary alicyclic amines) is 1. The van der Waals surface area contributed by atoms with Gasteiger partial charge in [-0.2, -0.15) is 0 Å². The number of hydrogen-bond donors (Lipinski definition) is 0. The molecule has 2 aliphatic rings. The maximum absolute atomic E-state index is 15.0. The Balaban J connectivity index is 0.000000575. The molecule has 3 heterocycles. The second-order valence-electron chi connectivity index (χ2n) is 11.2. The van der Waals surface area contributed by atoms with Gasteiger partial charge in [-0.3, -0.25) is 9.78 Å². The van der Waals surface area contributed by atoms with Crippen LogP contribution in [0.5, 0.6) is 0 Å². The van der Waals surface area contributed by atoms with Crippen molar-refractivity contribution < 1.29 is 18.7 Å². The fourth-order valence-electron chi connectivity index (χ4n) is 5.11. The van der Waals surface area contributed by atoms with Crippen molar-refractivity contribution in [2.24, 2.45) is 5.92 Å². The van der Waals surface area contributed by atoms with Crippen molar-refractivity contribution in [3.63, 3.8) is 0 Å². The molecule has 1 amide bonds. The van der Waals surface area contributed by atoms with Gasteiger partial charge in [0.15, 0.2) is 0 Å². The maximum atomic E-state index is 15.0. The van der Waals surface area contributed by atoms with Gasteiger partial charge in [0.25, 0.3) is 0 Å². The van der Waals surface area contributed by atoms with E-state index in [1.807, 2.05) is 26.0 Å². The molecule has 0 radical (unpaired) electrons. The SMILES string of the molecule is C=C/C(=C\C=C(/C)OCCCN1CCCCC1)c1cc2c(C)c(N(C)C(C)=O)cnc2cc1F.CC1CCOCC1. The van der Waals surface area contributed by atoms with Crippen molar-refractivity contribution in [3.05, 3.63) is 65.8 Å². The zero-order valence-electron chi connectivity index (χ0n) is 25.7. The highest BCUT2D eigenvalue weighted by Crippen LogP contribution is 2.31. The fraction of sp³-hybridized carbons (Fsp3) is 0.529. The zero-order chi connectivity index (χ0) is 29.8. The predicted molar refractivity (Wildman–Crippen MR) is 168 cm³/mol. The maximum Gasteiger partial charge on any atom is 0.223 e. The van der Waals surface area contributed by atoms with E-state index in [-0.39, 0.29) is 11.7 Å². The molecule has 1 aromatic heterocycles. The minimum Gasteiger partial charge on any atom is -0.498 e. The molecule has 41 heavy (non-hydrogen) atoms. The molecule has 1 aromatic carbocycles. The van der Waals surface area contributed by atoms with Gasteiger partial charge in [0.1, 0.15) is 5.82 Å². The highest BCUT2D eigenvalue weighted by atomic mass is 19.1. The van der Waals surface area contributed by atoms with Gasteiger partial charge >= 0.3 is 0 Å². The molecule has 0 bridgehead atoms. The summed E-state index contributed by atoms with van der Waals surface area (Å²) >= 11 is 0. The minimum absolute atomic E-state index is 0.0881. The summed E-state index contributed by atoms with van der Waals surface area (Å²) in [5.41, 5.74) is 3.21. The van der Waals surface area contributed by atoms with Crippen LogP contribution in [-0.2, 0) is 14.3 Å². The highest BCUT2D eigenvalue weighted by Gasteiger charge is 2.15. The van der Waals surface area contributed by atoms with Crippen molar-refractivity contribution >= 4 is 28.1 Å². The van der Waals surface area contributed by atoms with Crippen LogP contribution in [0.25, 0.3) is 16.5 Å². The number of ether oxygens (including phenoxy) is 2. The molecule has 2 saturated heterocycles. The standard InChI is InChI=1S/C28H36FN3O2.C6H12O/c1-6-23(12-11-20(2)34-16-10-15-32-13-8-7-9-14-32)25-17-24-21(3)28(31(5)22(4)33)19-30-27(24)18-26(25)29;1-6-2-4-7-5-3-6/h6,11-12,17-19H,1,7-10,13-16H2,2-5H3;6H,2-5H2,1H3/b20-11+,23-12+;. The van der Waals surface area contributed by atoms with Gasteiger partial charge < -0.3 is 19.3 Å². The summed E-state index contributed by atoms with van der Waals surface area (Å²) in [6, 6.07) is 3.21. The lowest BCUT2D eigenvalue weighted by Crippen LogP contribution is -2.31. The van der Waals surface area contributed by atoms with Crippen LogP contribution < -0.4 is 4.90 Å². The average Bonchev–Trinajstić information content (AvgIpc) is 2.97. The van der Waals surface area contributed by atoms with Gasteiger partial charge in [-0.05, 0) is 88.2 Å².